The van der Waals surface area contributed by atoms with Crippen LogP contribution in [0, 0.1) is 11.8 Å². The van der Waals surface area contributed by atoms with Gasteiger partial charge in [-0.05, 0) is 43.3 Å². The number of hydrogen-bond donors (Lipinski definition) is 1. The quantitative estimate of drug-likeness (QED) is 0.851. The number of amides is 1. The molecule has 1 fully saturated rings. The largest absolute Gasteiger partial charge is 0.477 e. The molecule has 0 unspecified atom stereocenters. The summed E-state index contributed by atoms with van der Waals surface area (Å²) in [6.45, 7) is 3.27. The van der Waals surface area contributed by atoms with E-state index in [1.54, 1.807) is 13.0 Å². The number of allylic oxidation sites excluding steroid dienone is 5. The standard InChI is InChI=1S/C18H22N2O3/c1-12(21)20-10-8-14(9-11-20)13-2-3-15-5-7-17(18(22)23)19-16(15)6-4-13/h2,4,6-7,14-15H,3,5,8-11H2,1H3,(H,22,23)/t15-/m0/s1. The molecule has 5 nitrogen and oxygen atoms in total. The molecule has 1 N–H and O–H groups in total. The molecule has 2 aliphatic heterocycles. The van der Waals surface area contributed by atoms with Crippen LogP contribution in [0.5, 0.6) is 0 Å². The van der Waals surface area contributed by atoms with Gasteiger partial charge in [0.25, 0.3) is 0 Å². The summed E-state index contributed by atoms with van der Waals surface area (Å²) >= 11 is 0. The van der Waals surface area contributed by atoms with Crippen molar-refractivity contribution in [1.82, 2.24) is 4.90 Å². The van der Waals surface area contributed by atoms with Gasteiger partial charge in [-0.3, -0.25) is 4.79 Å². The van der Waals surface area contributed by atoms with Crippen LogP contribution in [0.25, 0.3) is 0 Å². The summed E-state index contributed by atoms with van der Waals surface area (Å²) in [6.07, 6.45) is 11.7. The van der Waals surface area contributed by atoms with E-state index >= 15 is 0 Å². The normalized spacial score (nSPS) is 25.0. The van der Waals surface area contributed by atoms with E-state index in [9.17, 15) is 9.59 Å². The zero-order valence-electron chi connectivity index (χ0n) is 13.4. The molecule has 5 heteroatoms. The SMILES string of the molecule is CC(=O)N1CCC(C2=CC[C@H]3CC=C(C(=O)O)N=C3C=C2)CC1. The van der Waals surface area contributed by atoms with Crippen LogP contribution < -0.4 is 0 Å². The fourth-order valence-electron chi connectivity index (χ4n) is 3.53. The number of carbonyl (C=O) groups excluding carboxylic acids is 1. The molecule has 0 bridgehead atoms. The zero-order chi connectivity index (χ0) is 16.4. The average molecular weight is 314 g/mol. The van der Waals surface area contributed by atoms with Gasteiger partial charge < -0.3 is 10.0 Å². The Balaban J connectivity index is 1.69. The number of carboxylic acids is 1. The number of aliphatic carboxylic acids is 1. The number of fused-ring (bicyclic) bond motifs is 1. The van der Waals surface area contributed by atoms with Crippen LogP contribution in [0.15, 0.2) is 40.6 Å². The van der Waals surface area contributed by atoms with Gasteiger partial charge >= 0.3 is 5.97 Å². The van der Waals surface area contributed by atoms with E-state index in [4.69, 9.17) is 5.11 Å². The molecule has 23 heavy (non-hydrogen) atoms. The molecule has 1 atom stereocenters. The molecule has 3 rings (SSSR count). The van der Waals surface area contributed by atoms with E-state index in [0.717, 1.165) is 44.5 Å². The number of rotatable bonds is 2. The van der Waals surface area contributed by atoms with E-state index in [0.29, 0.717) is 5.92 Å². The van der Waals surface area contributed by atoms with Crippen LogP contribution in [-0.4, -0.2) is 40.7 Å². The predicted octanol–water partition coefficient (Wildman–Crippen LogP) is 2.56. The van der Waals surface area contributed by atoms with E-state index in [1.165, 1.54) is 5.57 Å². The van der Waals surface area contributed by atoms with E-state index in [1.807, 2.05) is 11.0 Å². The van der Waals surface area contributed by atoms with E-state index in [2.05, 4.69) is 17.1 Å². The van der Waals surface area contributed by atoms with Crippen molar-refractivity contribution < 1.29 is 14.7 Å². The summed E-state index contributed by atoms with van der Waals surface area (Å²) in [4.78, 5) is 28.7. The first-order chi connectivity index (χ1) is 11.0. The van der Waals surface area contributed by atoms with Gasteiger partial charge in [0.1, 0.15) is 5.70 Å². The van der Waals surface area contributed by atoms with Gasteiger partial charge in [-0.15, -0.1) is 0 Å². The first-order valence-corrected chi connectivity index (χ1v) is 8.20. The summed E-state index contributed by atoms with van der Waals surface area (Å²) in [6, 6.07) is 0. The summed E-state index contributed by atoms with van der Waals surface area (Å²) < 4.78 is 0. The lowest BCUT2D eigenvalue weighted by Crippen LogP contribution is -2.37. The van der Waals surface area contributed by atoms with Crippen molar-refractivity contribution in [3.63, 3.8) is 0 Å². The Bertz CT molecular complexity index is 635. The molecule has 2 heterocycles. The summed E-state index contributed by atoms with van der Waals surface area (Å²) in [5, 5.41) is 9.08. The number of nitrogens with zero attached hydrogens (tertiary/aromatic N) is 2. The molecule has 122 valence electrons. The van der Waals surface area contributed by atoms with Crippen molar-refractivity contribution >= 4 is 17.6 Å². The molecule has 0 aromatic rings. The smallest absolute Gasteiger partial charge is 0.354 e. The third-order valence-electron chi connectivity index (χ3n) is 4.98. The van der Waals surface area contributed by atoms with Gasteiger partial charge in [0.2, 0.25) is 5.91 Å². The molecule has 0 saturated carbocycles. The molecule has 0 radical (unpaired) electrons. The molecule has 3 aliphatic rings. The Labute approximate surface area is 136 Å². The second kappa shape index (κ2) is 6.52. The van der Waals surface area contributed by atoms with Crippen molar-refractivity contribution in [3.8, 4) is 0 Å². The van der Waals surface area contributed by atoms with Gasteiger partial charge in [0.05, 0.1) is 0 Å². The van der Waals surface area contributed by atoms with Crippen LogP contribution in [-0.2, 0) is 9.59 Å². The average Bonchev–Trinajstić information content (AvgIpc) is 2.76. The van der Waals surface area contributed by atoms with Gasteiger partial charge in [-0.25, -0.2) is 9.79 Å². The van der Waals surface area contributed by atoms with E-state index in [-0.39, 0.29) is 17.5 Å². The second-order valence-corrected chi connectivity index (χ2v) is 6.42. The number of likely N-dealkylation sites (tertiary alicyclic amines) is 1. The van der Waals surface area contributed by atoms with Crippen molar-refractivity contribution in [3.05, 3.63) is 35.6 Å². The van der Waals surface area contributed by atoms with Crippen LogP contribution >= 0.6 is 0 Å². The first kappa shape index (κ1) is 15.7. The maximum Gasteiger partial charge on any atom is 0.354 e. The van der Waals surface area contributed by atoms with Gasteiger partial charge in [0.15, 0.2) is 0 Å². The Morgan fingerprint density at radius 2 is 1.83 bits per heavy atom. The Kier molecular flexibility index (Phi) is 4.46. The van der Waals surface area contributed by atoms with Crippen molar-refractivity contribution in [2.75, 3.05) is 13.1 Å². The summed E-state index contributed by atoms with van der Waals surface area (Å²) in [5.41, 5.74) is 2.33. The lowest BCUT2D eigenvalue weighted by atomic mass is 9.88. The van der Waals surface area contributed by atoms with Gasteiger partial charge in [-0.2, -0.15) is 0 Å². The number of piperidine rings is 1. The molecule has 0 spiro atoms. The van der Waals surface area contributed by atoms with Gasteiger partial charge in [-0.1, -0.05) is 18.2 Å². The highest BCUT2D eigenvalue weighted by molar-refractivity contribution is 6.02. The third kappa shape index (κ3) is 3.44. The second-order valence-electron chi connectivity index (χ2n) is 6.42. The molecule has 1 amide bonds. The number of carbonyl (C=O) groups is 2. The lowest BCUT2D eigenvalue weighted by Gasteiger charge is -2.32. The monoisotopic (exact) mass is 314 g/mol. The molecule has 0 aromatic carbocycles. The minimum atomic E-state index is -0.960. The molecular weight excluding hydrogens is 292 g/mol. The summed E-state index contributed by atoms with van der Waals surface area (Å²) in [7, 11) is 0. The van der Waals surface area contributed by atoms with Crippen molar-refractivity contribution in [1.29, 1.82) is 0 Å². The lowest BCUT2D eigenvalue weighted by molar-refractivity contribution is -0.133. The number of carboxylic acid groups (broad SMARTS) is 1. The first-order valence-electron chi connectivity index (χ1n) is 8.20. The fourth-order valence-corrected chi connectivity index (χ4v) is 3.53. The fraction of sp³-hybridized carbons (Fsp3) is 0.500. The molecule has 0 aromatic heterocycles. The number of hydrogen-bond acceptors (Lipinski definition) is 3. The van der Waals surface area contributed by atoms with Crippen molar-refractivity contribution in [2.45, 2.75) is 32.6 Å². The minimum Gasteiger partial charge on any atom is -0.477 e. The van der Waals surface area contributed by atoms with Crippen LogP contribution in [0.3, 0.4) is 0 Å². The van der Waals surface area contributed by atoms with Crippen molar-refractivity contribution in [2.24, 2.45) is 16.8 Å². The van der Waals surface area contributed by atoms with Crippen LogP contribution in [0.4, 0.5) is 0 Å². The Hall–Kier alpha value is -2.17. The minimum absolute atomic E-state index is 0.152. The highest BCUT2D eigenvalue weighted by Crippen LogP contribution is 2.31. The molecule has 1 aliphatic carbocycles. The van der Waals surface area contributed by atoms with E-state index < -0.39 is 5.97 Å². The predicted molar refractivity (Wildman–Crippen MR) is 88.1 cm³/mol. The topological polar surface area (TPSA) is 70.0 Å². The zero-order valence-corrected chi connectivity index (χ0v) is 13.4. The highest BCUT2D eigenvalue weighted by atomic mass is 16.4. The number of aliphatic imine (C=N–C) groups is 1. The van der Waals surface area contributed by atoms with Gasteiger partial charge in [0, 0.05) is 31.6 Å². The summed E-state index contributed by atoms with van der Waals surface area (Å²) in [5.74, 6) is -0.0430. The molecule has 1 saturated heterocycles. The van der Waals surface area contributed by atoms with Crippen LogP contribution in [0.2, 0.25) is 0 Å². The van der Waals surface area contributed by atoms with Crippen LogP contribution in [0.1, 0.15) is 32.6 Å². The maximum absolute atomic E-state index is 11.4. The molecular formula is C18H22N2O3. The maximum atomic E-state index is 11.4. The highest BCUT2D eigenvalue weighted by Gasteiger charge is 2.26. The third-order valence-corrected chi connectivity index (χ3v) is 4.98. The Morgan fingerprint density at radius 3 is 2.48 bits per heavy atom. The Morgan fingerprint density at radius 1 is 1.13 bits per heavy atom.